The molecule has 2 unspecified atom stereocenters. The van der Waals surface area contributed by atoms with E-state index in [0.29, 0.717) is 0 Å². The highest BCUT2D eigenvalue weighted by Gasteiger charge is 2.42. The zero-order valence-corrected chi connectivity index (χ0v) is 9.24. The van der Waals surface area contributed by atoms with Gasteiger partial charge in [-0.1, -0.05) is 5.16 Å². The van der Waals surface area contributed by atoms with Crippen molar-refractivity contribution < 1.29 is 28.2 Å². The normalized spacial score (nSPS) is 16.9. The maximum absolute atomic E-state index is 12.4. The topological polar surface area (TPSA) is 100 Å². The van der Waals surface area contributed by atoms with Gasteiger partial charge in [-0.05, 0) is 0 Å². The number of alkyl halides is 3. The van der Waals surface area contributed by atoms with Gasteiger partial charge in [0.05, 0.1) is 12.7 Å². The molecule has 0 bridgehead atoms. The highest BCUT2D eigenvalue weighted by molar-refractivity contribution is 5.83. The fraction of sp³-hybridized carbons (Fsp3) is 0.875. The second kappa shape index (κ2) is 7.30. The van der Waals surface area contributed by atoms with Crippen molar-refractivity contribution in [1.82, 2.24) is 5.32 Å². The quantitative estimate of drug-likeness (QED) is 0.214. The number of rotatable bonds is 7. The number of aliphatic hydroxyl groups excluding tert-OH is 1. The molecule has 0 aliphatic rings. The maximum Gasteiger partial charge on any atom is 0.400 e. The lowest BCUT2D eigenvalue weighted by Gasteiger charge is -2.20. The molecule has 0 aromatic carbocycles. The predicted molar refractivity (Wildman–Crippen MR) is 53.7 cm³/mol. The third-order valence-electron chi connectivity index (χ3n) is 1.96. The Morgan fingerprint density at radius 1 is 1.47 bits per heavy atom. The van der Waals surface area contributed by atoms with E-state index in [-0.39, 0.29) is 13.2 Å². The number of hydrogen-bond acceptors (Lipinski definition) is 5. The molecule has 0 aromatic rings. The number of halogens is 3. The van der Waals surface area contributed by atoms with Gasteiger partial charge >= 0.3 is 6.18 Å². The van der Waals surface area contributed by atoms with Crippen LogP contribution in [-0.2, 0) is 4.74 Å². The van der Waals surface area contributed by atoms with Crippen LogP contribution in [0, 0.1) is 5.92 Å². The summed E-state index contributed by atoms with van der Waals surface area (Å²) in [5.41, 5.74) is 4.93. The van der Waals surface area contributed by atoms with Crippen LogP contribution >= 0.6 is 0 Å². The van der Waals surface area contributed by atoms with Gasteiger partial charge in [-0.3, -0.25) is 0 Å². The highest BCUT2D eigenvalue weighted by Crippen LogP contribution is 2.25. The number of methoxy groups -OCH3 is 1. The Kier molecular flexibility index (Phi) is 6.85. The minimum absolute atomic E-state index is 0.00720. The summed E-state index contributed by atoms with van der Waals surface area (Å²) in [4.78, 5) is 0. The molecule has 2 atom stereocenters. The van der Waals surface area contributed by atoms with Crippen LogP contribution in [0.4, 0.5) is 13.2 Å². The van der Waals surface area contributed by atoms with Crippen LogP contribution < -0.4 is 11.1 Å². The third kappa shape index (κ3) is 6.29. The van der Waals surface area contributed by atoms with Crippen LogP contribution in [0.5, 0.6) is 0 Å². The van der Waals surface area contributed by atoms with E-state index in [2.05, 4.69) is 15.2 Å². The van der Waals surface area contributed by atoms with Gasteiger partial charge in [0.1, 0.15) is 5.92 Å². The SMILES string of the molecule is COCC(O)CNCC(C(N)=NO)C(F)(F)F. The Morgan fingerprint density at radius 3 is 2.47 bits per heavy atom. The summed E-state index contributed by atoms with van der Waals surface area (Å²) in [7, 11) is 1.36. The number of ether oxygens (including phenoxy) is 1. The molecule has 6 nitrogen and oxygen atoms in total. The standard InChI is InChI=1S/C8H16F3N3O3/c1-17-4-5(15)2-13-3-6(7(12)14-16)8(9,10)11/h5-6,13,15-16H,2-4H2,1H3,(H2,12,14). The first-order chi connectivity index (χ1) is 7.82. The number of aliphatic hydroxyl groups is 1. The fourth-order valence-corrected chi connectivity index (χ4v) is 1.10. The second-order valence-electron chi connectivity index (χ2n) is 3.39. The second-order valence-corrected chi connectivity index (χ2v) is 3.39. The van der Waals surface area contributed by atoms with Gasteiger partial charge in [-0.2, -0.15) is 13.2 Å². The molecule has 5 N–H and O–H groups in total. The molecule has 0 aromatic heterocycles. The summed E-state index contributed by atoms with van der Waals surface area (Å²) >= 11 is 0. The van der Waals surface area contributed by atoms with Gasteiger partial charge in [-0.25, -0.2) is 0 Å². The highest BCUT2D eigenvalue weighted by atomic mass is 19.4. The summed E-state index contributed by atoms with van der Waals surface area (Å²) in [5, 5.41) is 22.1. The summed E-state index contributed by atoms with van der Waals surface area (Å²) in [6.07, 6.45) is -5.53. The lowest BCUT2D eigenvalue weighted by atomic mass is 10.1. The number of nitrogens with one attached hydrogen (secondary N) is 1. The van der Waals surface area contributed by atoms with Crippen molar-refractivity contribution in [3.8, 4) is 0 Å². The Bertz CT molecular complexity index is 248. The monoisotopic (exact) mass is 259 g/mol. The first kappa shape index (κ1) is 15.9. The van der Waals surface area contributed by atoms with Crippen molar-refractivity contribution in [2.24, 2.45) is 16.8 Å². The van der Waals surface area contributed by atoms with Crippen molar-refractivity contribution in [3.63, 3.8) is 0 Å². The molecule has 0 rings (SSSR count). The third-order valence-corrected chi connectivity index (χ3v) is 1.96. The molecule has 0 saturated heterocycles. The molecule has 0 spiro atoms. The van der Waals surface area contributed by atoms with Crippen molar-refractivity contribution in [2.75, 3.05) is 26.8 Å². The van der Waals surface area contributed by atoms with Gasteiger partial charge in [0, 0.05) is 20.2 Å². The summed E-state index contributed by atoms with van der Waals surface area (Å²) in [6, 6.07) is 0. The molecule has 9 heteroatoms. The van der Waals surface area contributed by atoms with Crippen LogP contribution in [-0.4, -0.2) is 55.2 Å². The first-order valence-corrected chi connectivity index (χ1v) is 4.74. The molecular formula is C8H16F3N3O3. The first-order valence-electron chi connectivity index (χ1n) is 4.74. The van der Waals surface area contributed by atoms with Gasteiger partial charge in [0.2, 0.25) is 0 Å². The molecule has 0 heterocycles. The van der Waals surface area contributed by atoms with Crippen LogP contribution in [0.1, 0.15) is 0 Å². The number of amidine groups is 1. The Balaban J connectivity index is 4.20. The van der Waals surface area contributed by atoms with E-state index in [9.17, 15) is 18.3 Å². The number of nitrogens with two attached hydrogens (primary N) is 1. The van der Waals surface area contributed by atoms with Crippen molar-refractivity contribution in [2.45, 2.75) is 12.3 Å². The van der Waals surface area contributed by atoms with E-state index in [1.165, 1.54) is 7.11 Å². The van der Waals surface area contributed by atoms with Gasteiger partial charge in [0.25, 0.3) is 0 Å². The van der Waals surface area contributed by atoms with E-state index >= 15 is 0 Å². The van der Waals surface area contributed by atoms with Crippen molar-refractivity contribution >= 4 is 5.84 Å². The lowest BCUT2D eigenvalue weighted by molar-refractivity contribution is -0.155. The summed E-state index contributed by atoms with van der Waals surface area (Å²) in [6.45, 7) is -0.660. The Morgan fingerprint density at radius 2 is 2.06 bits per heavy atom. The number of oxime groups is 1. The Labute approximate surface area is 96.2 Å². The average molecular weight is 259 g/mol. The fourth-order valence-electron chi connectivity index (χ4n) is 1.10. The van der Waals surface area contributed by atoms with E-state index in [4.69, 9.17) is 10.9 Å². The van der Waals surface area contributed by atoms with Gasteiger partial charge in [-0.15, -0.1) is 0 Å². The largest absolute Gasteiger partial charge is 0.409 e. The van der Waals surface area contributed by atoms with Crippen LogP contribution in [0.15, 0.2) is 5.16 Å². The van der Waals surface area contributed by atoms with Crippen LogP contribution in [0.2, 0.25) is 0 Å². The summed E-state index contributed by atoms with van der Waals surface area (Å²) in [5.74, 6) is -3.02. The van der Waals surface area contributed by atoms with E-state index in [1.807, 2.05) is 0 Å². The molecule has 0 fully saturated rings. The van der Waals surface area contributed by atoms with Crippen LogP contribution in [0.25, 0.3) is 0 Å². The molecule has 0 amide bonds. The molecule has 0 aliphatic heterocycles. The van der Waals surface area contributed by atoms with Crippen LogP contribution in [0.3, 0.4) is 0 Å². The van der Waals surface area contributed by atoms with Gasteiger partial charge in [0.15, 0.2) is 5.84 Å². The smallest absolute Gasteiger partial charge is 0.400 e. The zero-order chi connectivity index (χ0) is 13.5. The minimum Gasteiger partial charge on any atom is -0.409 e. The predicted octanol–water partition coefficient (Wildman–Crippen LogP) is -0.492. The molecule has 17 heavy (non-hydrogen) atoms. The molecule has 0 aliphatic carbocycles. The van der Waals surface area contributed by atoms with Crippen molar-refractivity contribution in [1.29, 1.82) is 0 Å². The number of hydrogen-bond donors (Lipinski definition) is 4. The number of nitrogens with zero attached hydrogens (tertiary/aromatic N) is 1. The van der Waals surface area contributed by atoms with E-state index in [1.54, 1.807) is 0 Å². The van der Waals surface area contributed by atoms with Crippen molar-refractivity contribution in [3.05, 3.63) is 0 Å². The van der Waals surface area contributed by atoms with E-state index in [0.717, 1.165) is 0 Å². The molecule has 0 saturated carbocycles. The maximum atomic E-state index is 12.4. The average Bonchev–Trinajstić information content (AvgIpc) is 2.22. The summed E-state index contributed by atoms with van der Waals surface area (Å²) < 4.78 is 41.9. The molecule has 0 radical (unpaired) electrons. The Hall–Kier alpha value is -1.06. The van der Waals surface area contributed by atoms with E-state index < -0.39 is 30.6 Å². The lowest BCUT2D eigenvalue weighted by Crippen LogP contribution is -2.44. The van der Waals surface area contributed by atoms with Gasteiger partial charge < -0.3 is 26.1 Å². The zero-order valence-electron chi connectivity index (χ0n) is 9.24. The minimum atomic E-state index is -4.62. The molecule has 102 valence electrons. The molecular weight excluding hydrogens is 243 g/mol.